The first kappa shape index (κ1) is 19.6. The molecule has 1 saturated heterocycles. The molecule has 12 heteroatoms. The molecule has 156 valence electrons. The molecule has 1 fully saturated rings. The van der Waals surface area contributed by atoms with E-state index in [1.165, 1.54) is 0 Å². The molecule has 0 radical (unpaired) electrons. The number of hydrogen-bond donors (Lipinski definition) is 2. The minimum atomic E-state index is -2.72. The number of nitrogens with one attached hydrogen (secondary N) is 1. The first-order chi connectivity index (χ1) is 13.8. The number of alkyl halides is 2. The van der Waals surface area contributed by atoms with Gasteiger partial charge in [-0.25, -0.2) is 22.3 Å². The zero-order valence-electron chi connectivity index (χ0n) is 15.4. The summed E-state index contributed by atoms with van der Waals surface area (Å²) in [5.41, 5.74) is 6.56. The van der Waals surface area contributed by atoms with E-state index >= 15 is 0 Å². The normalized spacial score (nSPS) is 21.9. The Morgan fingerprint density at radius 2 is 2.24 bits per heavy atom. The van der Waals surface area contributed by atoms with Crippen LogP contribution in [0, 0.1) is 0 Å². The van der Waals surface area contributed by atoms with Crippen molar-refractivity contribution in [2.24, 2.45) is 5.73 Å². The van der Waals surface area contributed by atoms with E-state index in [2.05, 4.69) is 10.3 Å². The third kappa shape index (κ3) is 3.65. The summed E-state index contributed by atoms with van der Waals surface area (Å²) in [7, 11) is 0. The largest absolute Gasteiger partial charge is 0.491 e. The van der Waals surface area contributed by atoms with E-state index < -0.39 is 35.7 Å². The Morgan fingerprint density at radius 3 is 2.97 bits per heavy atom. The summed E-state index contributed by atoms with van der Waals surface area (Å²) in [6, 6.07) is 3.32. The van der Waals surface area contributed by atoms with Gasteiger partial charge >= 0.3 is 0 Å². The van der Waals surface area contributed by atoms with Crippen molar-refractivity contribution < 1.29 is 26.7 Å². The van der Waals surface area contributed by atoms with Crippen LogP contribution in [0.3, 0.4) is 0 Å². The fraction of sp³-hybridized carbons (Fsp3) is 0.412. The van der Waals surface area contributed by atoms with Gasteiger partial charge in [0.25, 0.3) is 17.7 Å². The van der Waals surface area contributed by atoms with Crippen molar-refractivity contribution in [3.05, 3.63) is 24.4 Å². The zero-order valence-corrected chi connectivity index (χ0v) is 16.2. The highest BCUT2D eigenvalue weighted by atomic mass is 32.2. The van der Waals surface area contributed by atoms with Gasteiger partial charge in [0.1, 0.15) is 30.3 Å². The van der Waals surface area contributed by atoms with Crippen LogP contribution in [0.4, 0.5) is 20.3 Å². The smallest absolute Gasteiger partial charge is 0.266 e. The van der Waals surface area contributed by atoms with Crippen molar-refractivity contribution in [1.29, 1.82) is 0 Å². The number of hydrogen-bond acceptors (Lipinski definition) is 6. The summed E-state index contributed by atoms with van der Waals surface area (Å²) in [6.45, 7) is 2.06. The van der Waals surface area contributed by atoms with Gasteiger partial charge < -0.3 is 20.4 Å². The highest BCUT2D eigenvalue weighted by Gasteiger charge is 2.41. The van der Waals surface area contributed by atoms with Crippen LogP contribution in [0.25, 0.3) is 11.4 Å². The number of imidazole rings is 1. The third-order valence-corrected chi connectivity index (χ3v) is 5.82. The number of carbonyl (C=O) groups excluding carboxylic acids is 1. The van der Waals surface area contributed by atoms with E-state index in [1.807, 2.05) is 0 Å². The van der Waals surface area contributed by atoms with Crippen LogP contribution in [0.1, 0.15) is 6.92 Å². The highest BCUT2D eigenvalue weighted by molar-refractivity contribution is 7.82. The van der Waals surface area contributed by atoms with Gasteiger partial charge in [0, 0.05) is 18.0 Å². The molecule has 1 aromatic heterocycles. The van der Waals surface area contributed by atoms with Gasteiger partial charge in [-0.3, -0.25) is 8.98 Å². The maximum Gasteiger partial charge on any atom is 0.266 e. The summed E-state index contributed by atoms with van der Waals surface area (Å²) in [6.07, 6.45) is -1.16. The molecular formula is C17H19F2N5O4S. The monoisotopic (exact) mass is 427 g/mol. The Labute approximate surface area is 167 Å². The van der Waals surface area contributed by atoms with Crippen LogP contribution in [0.2, 0.25) is 0 Å². The maximum absolute atomic E-state index is 13.3. The molecule has 0 spiro atoms. The van der Waals surface area contributed by atoms with E-state index in [4.69, 9.17) is 14.7 Å². The van der Waals surface area contributed by atoms with Crippen LogP contribution in [0.5, 0.6) is 5.75 Å². The summed E-state index contributed by atoms with van der Waals surface area (Å²) in [5.74, 6) is 0.680. The first-order valence-corrected chi connectivity index (χ1v) is 9.91. The van der Waals surface area contributed by atoms with Crippen molar-refractivity contribution in [3.63, 3.8) is 0 Å². The summed E-state index contributed by atoms with van der Waals surface area (Å²) >= 11 is -2.03. The van der Waals surface area contributed by atoms with Gasteiger partial charge in [-0.15, -0.1) is 0 Å². The summed E-state index contributed by atoms with van der Waals surface area (Å²) < 4.78 is 52.1. The van der Waals surface area contributed by atoms with Gasteiger partial charge in [0.15, 0.2) is 5.82 Å². The second kappa shape index (κ2) is 7.59. The molecule has 0 aliphatic carbocycles. The molecule has 2 unspecified atom stereocenters. The Morgan fingerprint density at radius 1 is 1.45 bits per heavy atom. The first-order valence-electron chi connectivity index (χ1n) is 8.88. The predicted molar refractivity (Wildman–Crippen MR) is 102 cm³/mol. The molecule has 2 aromatic rings. The van der Waals surface area contributed by atoms with Gasteiger partial charge in [-0.05, 0) is 19.1 Å². The molecule has 3 N–H and O–H groups in total. The Bertz CT molecular complexity index is 969. The average Bonchev–Trinajstić information content (AvgIpc) is 3.21. The minimum absolute atomic E-state index is 0.151. The molecule has 0 saturated carbocycles. The van der Waals surface area contributed by atoms with Gasteiger partial charge in [0.2, 0.25) is 5.91 Å². The number of primary amides is 1. The lowest BCUT2D eigenvalue weighted by Gasteiger charge is -2.18. The fourth-order valence-electron chi connectivity index (χ4n) is 3.17. The van der Waals surface area contributed by atoms with Crippen molar-refractivity contribution in [1.82, 2.24) is 9.55 Å². The Kier molecular flexibility index (Phi) is 5.13. The third-order valence-electron chi connectivity index (χ3n) is 4.70. The maximum atomic E-state index is 13.3. The van der Waals surface area contributed by atoms with Gasteiger partial charge in [0.05, 0.1) is 18.7 Å². The number of rotatable bonds is 5. The molecule has 1 amide bonds. The Hall–Kier alpha value is -2.73. The van der Waals surface area contributed by atoms with Crippen molar-refractivity contribution in [3.8, 4) is 17.1 Å². The molecule has 3 atom stereocenters. The SMILES string of the molecule is CC(Nc1ccc2c(c1)OCCn1cc(N3[C@H](C(F)F)COS3=O)nc1-2)C(N)=O. The van der Waals surface area contributed by atoms with Crippen LogP contribution >= 0.6 is 0 Å². The number of aromatic nitrogens is 2. The number of anilines is 2. The fourth-order valence-corrected chi connectivity index (χ4v) is 4.15. The molecule has 9 nitrogen and oxygen atoms in total. The van der Waals surface area contributed by atoms with Crippen molar-refractivity contribution in [2.45, 2.75) is 32.0 Å². The molecule has 1 aromatic carbocycles. The molecule has 2 aliphatic heterocycles. The number of carbonyl (C=O) groups is 1. The van der Waals surface area contributed by atoms with E-state index in [0.29, 0.717) is 36.0 Å². The number of nitrogens with two attached hydrogens (primary N) is 1. The zero-order chi connectivity index (χ0) is 20.7. The average molecular weight is 427 g/mol. The minimum Gasteiger partial charge on any atom is -0.491 e. The molecule has 4 rings (SSSR count). The predicted octanol–water partition coefficient (Wildman–Crippen LogP) is 1.28. The standard InChI is InChI=1S/C17H19F2N5O4S/c1-9(16(20)25)21-10-2-3-11-13(6-10)27-5-4-23-7-14(22-17(11)23)24-12(15(18)19)8-28-29(24)26/h2-3,6-7,9,12,15,21H,4-5,8H2,1H3,(H2,20,25)/t9?,12-,29?/m0/s1. The highest BCUT2D eigenvalue weighted by Crippen LogP contribution is 2.37. The number of halogens is 2. The second-order valence-corrected chi connectivity index (χ2v) is 7.74. The number of fused-ring (bicyclic) bond motifs is 3. The lowest BCUT2D eigenvalue weighted by molar-refractivity contribution is -0.118. The summed E-state index contributed by atoms with van der Waals surface area (Å²) in [5, 5.41) is 2.98. The molecule has 3 heterocycles. The van der Waals surface area contributed by atoms with E-state index in [1.54, 1.807) is 35.9 Å². The summed E-state index contributed by atoms with van der Waals surface area (Å²) in [4.78, 5) is 15.7. The number of amides is 1. The van der Waals surface area contributed by atoms with Crippen LogP contribution in [-0.2, 0) is 26.8 Å². The number of benzene rings is 1. The van der Waals surface area contributed by atoms with E-state index in [-0.39, 0.29) is 12.4 Å². The van der Waals surface area contributed by atoms with Crippen LogP contribution in [0.15, 0.2) is 24.4 Å². The van der Waals surface area contributed by atoms with E-state index in [9.17, 15) is 17.8 Å². The van der Waals surface area contributed by atoms with Gasteiger partial charge in [-0.1, -0.05) is 0 Å². The van der Waals surface area contributed by atoms with Crippen molar-refractivity contribution >= 4 is 28.7 Å². The molecule has 29 heavy (non-hydrogen) atoms. The molecule has 0 bridgehead atoms. The molecular weight excluding hydrogens is 408 g/mol. The van der Waals surface area contributed by atoms with Crippen molar-refractivity contribution in [2.75, 3.05) is 22.8 Å². The lowest BCUT2D eigenvalue weighted by Crippen LogP contribution is -2.37. The quantitative estimate of drug-likeness (QED) is 0.744. The second-order valence-electron chi connectivity index (χ2n) is 6.67. The topological polar surface area (TPSA) is 112 Å². The number of ether oxygens (including phenoxy) is 1. The Balaban J connectivity index is 1.68. The van der Waals surface area contributed by atoms with E-state index in [0.717, 1.165) is 4.31 Å². The van der Waals surface area contributed by atoms with Gasteiger partial charge in [-0.2, -0.15) is 0 Å². The van der Waals surface area contributed by atoms with Crippen LogP contribution < -0.4 is 20.1 Å². The molecule has 2 aliphatic rings. The number of nitrogens with zero attached hydrogens (tertiary/aromatic N) is 3. The lowest BCUT2D eigenvalue weighted by atomic mass is 10.1. The van der Waals surface area contributed by atoms with Crippen LogP contribution in [-0.4, -0.2) is 51.4 Å².